The Bertz CT molecular complexity index is 863. The van der Waals surface area contributed by atoms with E-state index in [2.05, 4.69) is 26.6 Å². The Morgan fingerprint density at radius 1 is 1.14 bits per heavy atom. The first-order chi connectivity index (χ1) is 13.6. The van der Waals surface area contributed by atoms with Gasteiger partial charge in [-0.2, -0.15) is 0 Å². The van der Waals surface area contributed by atoms with Gasteiger partial charge in [0.1, 0.15) is 11.4 Å². The van der Waals surface area contributed by atoms with Crippen LogP contribution in [0, 0.1) is 5.41 Å². The van der Waals surface area contributed by atoms with Crippen LogP contribution in [0.1, 0.15) is 0 Å². The molecule has 0 bridgehead atoms. The van der Waals surface area contributed by atoms with E-state index in [9.17, 15) is 4.79 Å². The highest BCUT2D eigenvalue weighted by Gasteiger charge is 2.23. The van der Waals surface area contributed by atoms with Crippen molar-refractivity contribution in [2.24, 2.45) is 0 Å². The maximum atomic E-state index is 13.0. The zero-order valence-corrected chi connectivity index (χ0v) is 17.4. The zero-order chi connectivity index (χ0) is 19.9. The van der Waals surface area contributed by atoms with E-state index in [0.717, 1.165) is 17.6 Å². The maximum Gasteiger partial charge on any atom is 0.293 e. The first-order valence-corrected chi connectivity index (χ1v) is 9.94. The van der Waals surface area contributed by atoms with Crippen molar-refractivity contribution in [3.8, 4) is 5.75 Å². The predicted octanol–water partition coefficient (Wildman–Crippen LogP) is 3.89. The van der Waals surface area contributed by atoms with Crippen molar-refractivity contribution < 1.29 is 9.53 Å². The largest absolute Gasteiger partial charge is 0.449 e. The first kappa shape index (κ1) is 20.4. The Balaban J connectivity index is 1.92. The van der Waals surface area contributed by atoms with Crippen LogP contribution in [-0.2, 0) is 4.79 Å². The molecule has 0 aromatic heterocycles. The van der Waals surface area contributed by atoms with Gasteiger partial charge in [-0.25, -0.2) is 0 Å². The van der Waals surface area contributed by atoms with Crippen LogP contribution in [0.2, 0.25) is 5.02 Å². The van der Waals surface area contributed by atoms with Crippen LogP contribution in [0.25, 0.3) is 0 Å². The number of carbonyl (C=O) groups is 1. The molecule has 1 saturated heterocycles. The number of nitrogens with zero attached hydrogens (tertiary/aromatic N) is 1. The number of carbonyl (C=O) groups excluding carboxylic acids is 1. The first-order valence-electron chi connectivity index (χ1n) is 8.77. The fourth-order valence-electron chi connectivity index (χ4n) is 2.76. The fraction of sp³-hybridized carbons (Fsp3) is 0.200. The van der Waals surface area contributed by atoms with Gasteiger partial charge in [0.25, 0.3) is 5.91 Å². The summed E-state index contributed by atoms with van der Waals surface area (Å²) in [4.78, 5) is 15.0. The lowest BCUT2D eigenvalue weighted by Crippen LogP contribution is -2.44. The van der Waals surface area contributed by atoms with E-state index < -0.39 is 5.91 Å². The number of benzene rings is 2. The van der Waals surface area contributed by atoms with Crippen LogP contribution in [0.15, 0.2) is 64.5 Å². The maximum absolute atomic E-state index is 13.0. The molecule has 1 aliphatic heterocycles. The lowest BCUT2D eigenvalue weighted by molar-refractivity contribution is -0.115. The summed E-state index contributed by atoms with van der Waals surface area (Å²) in [6, 6.07) is 14.0. The van der Waals surface area contributed by atoms with Gasteiger partial charge in [-0.15, -0.1) is 0 Å². The SMILES string of the molecule is N=C/C(=C(/Oc1ccc(Br)cc1)C(=O)Nc1ccc(Cl)cc1)N1CCNCC1. The number of hydrogen-bond acceptors (Lipinski definition) is 5. The Morgan fingerprint density at radius 2 is 1.79 bits per heavy atom. The van der Waals surface area contributed by atoms with E-state index in [-0.39, 0.29) is 5.76 Å². The zero-order valence-electron chi connectivity index (χ0n) is 15.0. The molecule has 1 amide bonds. The summed E-state index contributed by atoms with van der Waals surface area (Å²) in [5.74, 6) is 0.162. The Labute approximate surface area is 177 Å². The Kier molecular flexibility index (Phi) is 7.08. The molecule has 1 aliphatic rings. The smallest absolute Gasteiger partial charge is 0.293 e. The van der Waals surface area contributed by atoms with E-state index in [4.69, 9.17) is 21.7 Å². The average Bonchev–Trinajstić information content (AvgIpc) is 2.72. The molecule has 3 rings (SSSR count). The van der Waals surface area contributed by atoms with Crippen molar-refractivity contribution in [2.45, 2.75) is 0 Å². The highest BCUT2D eigenvalue weighted by molar-refractivity contribution is 9.10. The number of nitrogens with one attached hydrogen (secondary N) is 3. The van der Waals surface area contributed by atoms with Gasteiger partial charge in [-0.05, 0) is 48.5 Å². The summed E-state index contributed by atoms with van der Waals surface area (Å²) in [6.07, 6.45) is 1.17. The number of hydrogen-bond donors (Lipinski definition) is 3. The molecule has 0 saturated carbocycles. The topological polar surface area (TPSA) is 77.5 Å². The molecule has 3 N–H and O–H groups in total. The van der Waals surface area contributed by atoms with Crippen LogP contribution >= 0.6 is 27.5 Å². The van der Waals surface area contributed by atoms with E-state index in [1.807, 2.05) is 17.0 Å². The van der Waals surface area contributed by atoms with Gasteiger partial charge in [0.15, 0.2) is 0 Å². The molecular formula is C20H20BrClN4O2. The number of rotatable bonds is 6. The van der Waals surface area contributed by atoms with Gasteiger partial charge in [0, 0.05) is 47.6 Å². The minimum atomic E-state index is -0.428. The molecular weight excluding hydrogens is 444 g/mol. The molecule has 1 fully saturated rings. The second kappa shape index (κ2) is 9.73. The summed E-state index contributed by atoms with van der Waals surface area (Å²) in [7, 11) is 0. The second-order valence-electron chi connectivity index (χ2n) is 6.11. The fourth-order valence-corrected chi connectivity index (χ4v) is 3.15. The van der Waals surface area contributed by atoms with Crippen LogP contribution in [0.5, 0.6) is 5.75 Å². The molecule has 146 valence electrons. The van der Waals surface area contributed by atoms with Crippen LogP contribution in [-0.4, -0.2) is 43.2 Å². The average molecular weight is 464 g/mol. The van der Waals surface area contributed by atoms with Crippen molar-refractivity contribution in [3.63, 3.8) is 0 Å². The Morgan fingerprint density at radius 3 is 2.39 bits per heavy atom. The van der Waals surface area contributed by atoms with Crippen molar-refractivity contribution in [3.05, 3.63) is 69.5 Å². The van der Waals surface area contributed by atoms with Crippen molar-refractivity contribution in [1.29, 1.82) is 5.41 Å². The van der Waals surface area contributed by atoms with Gasteiger partial charge in [0.05, 0.1) is 0 Å². The monoisotopic (exact) mass is 462 g/mol. The minimum Gasteiger partial charge on any atom is -0.449 e. The van der Waals surface area contributed by atoms with Gasteiger partial charge in [0.2, 0.25) is 5.76 Å². The standard InChI is InChI=1S/C20H20BrClN4O2/c21-14-1-7-17(8-2-14)28-19(18(13-23)26-11-9-24-10-12-26)20(27)25-16-5-3-15(22)4-6-16/h1-8,13,23-24H,9-12H2,(H,25,27)/b19-18-,23-13?. The summed E-state index contributed by atoms with van der Waals surface area (Å²) < 4.78 is 6.85. The van der Waals surface area contributed by atoms with Crippen LogP contribution < -0.4 is 15.4 Å². The van der Waals surface area contributed by atoms with Crippen LogP contribution in [0.4, 0.5) is 5.69 Å². The number of allylic oxidation sites excluding steroid dienone is 1. The molecule has 1 heterocycles. The molecule has 0 atom stereocenters. The molecule has 28 heavy (non-hydrogen) atoms. The molecule has 0 aliphatic carbocycles. The molecule has 0 unspecified atom stereocenters. The predicted molar refractivity (Wildman–Crippen MR) is 115 cm³/mol. The third kappa shape index (κ3) is 5.34. The number of halogens is 2. The van der Waals surface area contributed by atoms with Gasteiger partial charge in [-0.1, -0.05) is 27.5 Å². The summed E-state index contributed by atoms with van der Waals surface area (Å²) >= 11 is 9.30. The van der Waals surface area contributed by atoms with Crippen molar-refractivity contribution >= 4 is 45.3 Å². The third-order valence-corrected chi connectivity index (χ3v) is 4.95. The molecule has 2 aromatic rings. The molecule has 6 nitrogen and oxygen atoms in total. The highest BCUT2D eigenvalue weighted by Crippen LogP contribution is 2.22. The molecule has 8 heteroatoms. The molecule has 0 radical (unpaired) electrons. The molecule has 2 aromatic carbocycles. The van der Waals surface area contributed by atoms with E-state index in [0.29, 0.717) is 35.2 Å². The summed E-state index contributed by atoms with van der Waals surface area (Å²) in [6.45, 7) is 2.93. The second-order valence-corrected chi connectivity index (χ2v) is 7.46. The van der Waals surface area contributed by atoms with E-state index in [1.165, 1.54) is 6.21 Å². The van der Waals surface area contributed by atoms with Crippen LogP contribution in [0.3, 0.4) is 0 Å². The number of anilines is 1. The highest BCUT2D eigenvalue weighted by atomic mass is 79.9. The number of ether oxygens (including phenoxy) is 1. The number of amides is 1. The Hall–Kier alpha value is -2.35. The quantitative estimate of drug-likeness (QED) is 0.345. The third-order valence-electron chi connectivity index (χ3n) is 4.17. The lowest BCUT2D eigenvalue weighted by Gasteiger charge is -2.30. The van der Waals surface area contributed by atoms with Gasteiger partial charge in [-0.3, -0.25) is 4.79 Å². The summed E-state index contributed by atoms with van der Waals surface area (Å²) in [5, 5.41) is 14.6. The van der Waals surface area contributed by atoms with E-state index >= 15 is 0 Å². The van der Waals surface area contributed by atoms with Crippen molar-refractivity contribution in [1.82, 2.24) is 10.2 Å². The van der Waals surface area contributed by atoms with Crippen molar-refractivity contribution in [2.75, 3.05) is 31.5 Å². The number of piperazine rings is 1. The van der Waals surface area contributed by atoms with E-state index in [1.54, 1.807) is 36.4 Å². The molecule has 0 spiro atoms. The minimum absolute atomic E-state index is 0.0779. The normalized spacial score (nSPS) is 14.9. The lowest BCUT2D eigenvalue weighted by atomic mass is 10.2. The van der Waals surface area contributed by atoms with Gasteiger partial charge >= 0.3 is 0 Å². The van der Waals surface area contributed by atoms with Gasteiger partial charge < -0.3 is 25.7 Å². The summed E-state index contributed by atoms with van der Waals surface area (Å²) in [5.41, 5.74) is 1.03.